The van der Waals surface area contributed by atoms with E-state index in [4.69, 9.17) is 20.4 Å². The number of carbonyl (C=O) groups excluding carboxylic acids is 1. The Bertz CT molecular complexity index is 1610. The van der Waals surface area contributed by atoms with E-state index in [2.05, 4.69) is 10.3 Å². The molecule has 0 aliphatic carbocycles. The second-order valence-electron chi connectivity index (χ2n) is 9.21. The Hall–Kier alpha value is -4.85. The van der Waals surface area contributed by atoms with Crippen molar-refractivity contribution in [2.24, 2.45) is 11.7 Å². The molecule has 0 radical (unpaired) electrons. The van der Waals surface area contributed by atoms with Crippen molar-refractivity contribution >= 4 is 22.6 Å². The summed E-state index contributed by atoms with van der Waals surface area (Å²) < 4.78 is 19.5. The van der Waals surface area contributed by atoms with Crippen LogP contribution < -0.4 is 15.8 Å². The summed E-state index contributed by atoms with van der Waals surface area (Å²) in [4.78, 5) is 26.1. The van der Waals surface area contributed by atoms with Gasteiger partial charge in [0.05, 0.1) is 18.5 Å². The average molecular weight is 522 g/mol. The number of pyridine rings is 1. The van der Waals surface area contributed by atoms with E-state index in [-0.39, 0.29) is 12.4 Å². The summed E-state index contributed by atoms with van der Waals surface area (Å²) in [6, 6.07) is 24.0. The predicted octanol–water partition coefficient (Wildman–Crippen LogP) is 5.65. The van der Waals surface area contributed by atoms with Crippen molar-refractivity contribution in [3.63, 3.8) is 0 Å². The number of nitrogens with zero attached hydrogens (tertiary/aromatic N) is 3. The number of nitrogens with two attached hydrogens (primary N) is 1. The number of methoxy groups -OCH3 is 1. The molecule has 0 saturated heterocycles. The third-order valence-electron chi connectivity index (χ3n) is 6.66. The van der Waals surface area contributed by atoms with Gasteiger partial charge in [-0.2, -0.15) is 0 Å². The second-order valence-corrected chi connectivity index (χ2v) is 9.21. The van der Waals surface area contributed by atoms with E-state index in [1.54, 1.807) is 37.7 Å². The monoisotopic (exact) mass is 521 g/mol. The molecule has 3 aromatic carbocycles. The molecule has 1 atom stereocenters. The zero-order chi connectivity index (χ0) is 27.2. The Balaban J connectivity index is 1.49. The first-order valence-electron chi connectivity index (χ1n) is 12.6. The van der Waals surface area contributed by atoms with Crippen molar-refractivity contribution in [3.8, 4) is 28.3 Å². The molecule has 0 spiro atoms. The highest BCUT2D eigenvalue weighted by molar-refractivity contribution is 5.94. The van der Waals surface area contributed by atoms with E-state index in [9.17, 15) is 9.18 Å². The highest BCUT2D eigenvalue weighted by Gasteiger charge is 2.18. The van der Waals surface area contributed by atoms with Gasteiger partial charge in [-0.3, -0.25) is 9.78 Å². The number of aromatic nitrogens is 3. The molecule has 7 nitrogen and oxygen atoms in total. The number of aryl methyl sites for hydroxylation is 1. The van der Waals surface area contributed by atoms with Gasteiger partial charge < -0.3 is 15.8 Å². The Kier molecular flexibility index (Phi) is 7.73. The van der Waals surface area contributed by atoms with Crippen molar-refractivity contribution in [1.82, 2.24) is 15.0 Å². The van der Waals surface area contributed by atoms with E-state index >= 15 is 0 Å². The standard InChI is InChI=1S/C31H28FN5O2/c1-39-25-9-4-7-21(16-25)22-13-14-28-26(17-22)31(37-30(36-28)24-8-5-15-34-18-24)35-19-23(29(33)38)12-11-20-6-2-3-10-27(20)32/h2-10,13-18,23H,11-12,19H2,1H3,(H2,33,38)(H,35,36,37). The summed E-state index contributed by atoms with van der Waals surface area (Å²) in [6.07, 6.45) is 4.19. The zero-order valence-electron chi connectivity index (χ0n) is 21.5. The van der Waals surface area contributed by atoms with Crippen LogP contribution in [0.1, 0.15) is 12.0 Å². The lowest BCUT2D eigenvalue weighted by Crippen LogP contribution is -2.30. The number of hydrogen-bond donors (Lipinski definition) is 2. The molecule has 3 N–H and O–H groups in total. The Labute approximate surface area is 225 Å². The number of primary amides is 1. The van der Waals surface area contributed by atoms with E-state index in [1.165, 1.54) is 6.07 Å². The van der Waals surface area contributed by atoms with Crippen LogP contribution in [0.25, 0.3) is 33.4 Å². The predicted molar refractivity (Wildman–Crippen MR) is 151 cm³/mol. The van der Waals surface area contributed by atoms with Gasteiger partial charge in [0, 0.05) is 29.9 Å². The first kappa shape index (κ1) is 25.8. The van der Waals surface area contributed by atoms with Gasteiger partial charge in [0.15, 0.2) is 5.82 Å². The van der Waals surface area contributed by atoms with E-state index < -0.39 is 11.8 Å². The lowest BCUT2D eigenvalue weighted by molar-refractivity contribution is -0.121. The van der Waals surface area contributed by atoms with Crippen LogP contribution in [0.3, 0.4) is 0 Å². The average Bonchev–Trinajstić information content (AvgIpc) is 2.97. The van der Waals surface area contributed by atoms with Gasteiger partial charge in [-0.1, -0.05) is 36.4 Å². The summed E-state index contributed by atoms with van der Waals surface area (Å²) in [7, 11) is 1.64. The summed E-state index contributed by atoms with van der Waals surface area (Å²) in [6.45, 7) is 0.242. The number of amides is 1. The Morgan fingerprint density at radius 3 is 2.56 bits per heavy atom. The second kappa shape index (κ2) is 11.7. The van der Waals surface area contributed by atoms with Gasteiger partial charge >= 0.3 is 0 Å². The fraction of sp³-hybridized carbons (Fsp3) is 0.161. The maximum Gasteiger partial charge on any atom is 0.222 e. The minimum absolute atomic E-state index is 0.242. The molecule has 0 aliphatic rings. The van der Waals surface area contributed by atoms with Crippen molar-refractivity contribution in [3.05, 3.63) is 103 Å². The third-order valence-corrected chi connectivity index (χ3v) is 6.66. The maximum absolute atomic E-state index is 14.1. The van der Waals surface area contributed by atoms with Gasteiger partial charge in [0.25, 0.3) is 0 Å². The SMILES string of the molecule is COc1cccc(-c2ccc3nc(-c4cccnc4)nc(NCC(CCc4ccccc4F)C(N)=O)c3c2)c1. The molecule has 5 aromatic rings. The third kappa shape index (κ3) is 6.01. The van der Waals surface area contributed by atoms with E-state index in [0.717, 1.165) is 33.3 Å². The van der Waals surface area contributed by atoms with Crippen LogP contribution in [0.5, 0.6) is 5.75 Å². The normalized spacial score (nSPS) is 11.7. The van der Waals surface area contributed by atoms with Crippen LogP contribution in [0, 0.1) is 11.7 Å². The summed E-state index contributed by atoms with van der Waals surface area (Å²) in [5, 5.41) is 4.13. The minimum atomic E-state index is -0.530. The molecule has 2 heterocycles. The molecule has 2 aromatic heterocycles. The molecule has 39 heavy (non-hydrogen) atoms. The zero-order valence-corrected chi connectivity index (χ0v) is 21.5. The van der Waals surface area contributed by atoms with Crippen LogP contribution in [-0.2, 0) is 11.2 Å². The van der Waals surface area contributed by atoms with E-state index in [1.807, 2.05) is 54.6 Å². The minimum Gasteiger partial charge on any atom is -0.497 e. The molecular formula is C31H28FN5O2. The maximum atomic E-state index is 14.1. The highest BCUT2D eigenvalue weighted by atomic mass is 19.1. The van der Waals surface area contributed by atoms with E-state index in [0.29, 0.717) is 30.0 Å². The van der Waals surface area contributed by atoms with Gasteiger partial charge in [-0.05, 0) is 72.0 Å². The quantitative estimate of drug-likeness (QED) is 0.246. The van der Waals surface area contributed by atoms with Crippen LogP contribution in [0.2, 0.25) is 0 Å². The number of anilines is 1. The summed E-state index contributed by atoms with van der Waals surface area (Å²) >= 11 is 0. The number of carbonyl (C=O) groups is 1. The molecule has 0 bridgehead atoms. The van der Waals surface area contributed by atoms with Gasteiger partial charge in [-0.15, -0.1) is 0 Å². The van der Waals surface area contributed by atoms with Gasteiger partial charge in [-0.25, -0.2) is 14.4 Å². The first-order chi connectivity index (χ1) is 19.0. The molecular weight excluding hydrogens is 493 g/mol. The van der Waals surface area contributed by atoms with Crippen molar-refractivity contribution in [1.29, 1.82) is 0 Å². The fourth-order valence-electron chi connectivity index (χ4n) is 4.47. The molecule has 196 valence electrons. The van der Waals surface area contributed by atoms with Crippen LogP contribution >= 0.6 is 0 Å². The molecule has 8 heteroatoms. The van der Waals surface area contributed by atoms with Crippen molar-refractivity contribution in [2.45, 2.75) is 12.8 Å². The summed E-state index contributed by atoms with van der Waals surface area (Å²) in [5.74, 6) is 0.560. The number of ether oxygens (including phenoxy) is 1. The molecule has 0 saturated carbocycles. The largest absolute Gasteiger partial charge is 0.497 e. The van der Waals surface area contributed by atoms with Crippen LogP contribution in [0.4, 0.5) is 10.2 Å². The van der Waals surface area contributed by atoms with Crippen LogP contribution in [0.15, 0.2) is 91.3 Å². The summed E-state index contributed by atoms with van der Waals surface area (Å²) in [5.41, 5.74) is 9.75. The van der Waals surface area contributed by atoms with Gasteiger partial charge in [0.2, 0.25) is 5.91 Å². The topological polar surface area (TPSA) is 103 Å². The smallest absolute Gasteiger partial charge is 0.222 e. The first-order valence-corrected chi connectivity index (χ1v) is 12.6. The lowest BCUT2D eigenvalue weighted by atomic mass is 9.98. The molecule has 1 unspecified atom stereocenters. The molecule has 5 rings (SSSR count). The van der Waals surface area contributed by atoms with Crippen molar-refractivity contribution < 1.29 is 13.9 Å². The number of fused-ring (bicyclic) bond motifs is 1. The van der Waals surface area contributed by atoms with Gasteiger partial charge in [0.1, 0.15) is 17.4 Å². The Morgan fingerprint density at radius 1 is 0.974 bits per heavy atom. The Morgan fingerprint density at radius 2 is 1.79 bits per heavy atom. The number of rotatable bonds is 10. The number of benzene rings is 3. The number of nitrogens with one attached hydrogen (secondary N) is 1. The molecule has 1 amide bonds. The lowest BCUT2D eigenvalue weighted by Gasteiger charge is -2.17. The highest BCUT2D eigenvalue weighted by Crippen LogP contribution is 2.31. The number of hydrogen-bond acceptors (Lipinski definition) is 6. The number of halogens is 1. The fourth-order valence-corrected chi connectivity index (χ4v) is 4.47. The van der Waals surface area contributed by atoms with Crippen LogP contribution in [-0.4, -0.2) is 34.5 Å². The molecule has 0 aliphatic heterocycles. The van der Waals surface area contributed by atoms with Crippen molar-refractivity contribution in [2.75, 3.05) is 19.0 Å². The molecule has 0 fully saturated rings.